The van der Waals surface area contributed by atoms with Gasteiger partial charge in [0.05, 0.1) is 0 Å². The molecule has 1 N–H and O–H groups in total. The highest BCUT2D eigenvalue weighted by Crippen LogP contribution is 2.17. The molecule has 1 nitrogen and oxygen atoms in total. The highest BCUT2D eigenvalue weighted by molar-refractivity contribution is 6.30. The smallest absolute Gasteiger partial charge is 0.0409 e. The lowest BCUT2D eigenvalue weighted by atomic mass is 10.1. The third-order valence-corrected chi connectivity index (χ3v) is 2.59. The fourth-order valence-electron chi connectivity index (χ4n) is 1.40. The molecular weight excluding hydrogens is 206 g/mol. The van der Waals surface area contributed by atoms with Crippen molar-refractivity contribution in [2.75, 3.05) is 6.54 Å². The van der Waals surface area contributed by atoms with E-state index in [-0.39, 0.29) is 0 Å². The Bertz CT molecular complexity index is 333. The van der Waals surface area contributed by atoms with Crippen LogP contribution < -0.4 is 5.32 Å². The highest BCUT2D eigenvalue weighted by atomic mass is 35.5. The van der Waals surface area contributed by atoms with Crippen LogP contribution in [0.1, 0.15) is 31.9 Å². The molecule has 1 unspecified atom stereocenters. The van der Waals surface area contributed by atoms with Gasteiger partial charge in [-0.05, 0) is 44.5 Å². The van der Waals surface area contributed by atoms with Gasteiger partial charge in [-0.1, -0.05) is 29.3 Å². The molecule has 82 valence electrons. The van der Waals surface area contributed by atoms with E-state index in [1.807, 2.05) is 25.1 Å². The maximum Gasteiger partial charge on any atom is 0.0409 e. The van der Waals surface area contributed by atoms with E-state index >= 15 is 0 Å². The first kappa shape index (κ1) is 12.3. The third kappa shape index (κ3) is 4.50. The molecule has 0 saturated carbocycles. The van der Waals surface area contributed by atoms with Crippen molar-refractivity contribution < 1.29 is 0 Å². The van der Waals surface area contributed by atoms with E-state index in [0.29, 0.717) is 6.04 Å². The maximum absolute atomic E-state index is 5.93. The Balaban J connectivity index is 2.46. The first-order chi connectivity index (χ1) is 7.09. The SMILES string of the molecule is C=C(C)CCNC(C)c1cccc(Cl)c1. The standard InChI is InChI=1S/C13H18ClN/c1-10(2)7-8-15-11(3)12-5-4-6-13(14)9-12/h4-6,9,11,15H,1,7-8H2,2-3H3. The fraction of sp³-hybridized carbons (Fsp3) is 0.385. The Hall–Kier alpha value is -0.790. The third-order valence-electron chi connectivity index (χ3n) is 2.35. The Morgan fingerprint density at radius 1 is 1.53 bits per heavy atom. The molecule has 1 rings (SSSR count). The summed E-state index contributed by atoms with van der Waals surface area (Å²) >= 11 is 5.93. The summed E-state index contributed by atoms with van der Waals surface area (Å²) in [4.78, 5) is 0. The van der Waals surface area contributed by atoms with Gasteiger partial charge in [-0.15, -0.1) is 6.58 Å². The lowest BCUT2D eigenvalue weighted by Gasteiger charge is -2.14. The summed E-state index contributed by atoms with van der Waals surface area (Å²) < 4.78 is 0. The Morgan fingerprint density at radius 3 is 2.87 bits per heavy atom. The van der Waals surface area contributed by atoms with E-state index < -0.39 is 0 Å². The predicted octanol–water partition coefficient (Wildman–Crippen LogP) is 3.96. The summed E-state index contributed by atoms with van der Waals surface area (Å²) in [6.07, 6.45) is 1.02. The first-order valence-electron chi connectivity index (χ1n) is 5.23. The maximum atomic E-state index is 5.93. The van der Waals surface area contributed by atoms with Gasteiger partial charge in [0.15, 0.2) is 0 Å². The number of halogens is 1. The molecule has 15 heavy (non-hydrogen) atoms. The van der Waals surface area contributed by atoms with Crippen LogP contribution in [0, 0.1) is 0 Å². The van der Waals surface area contributed by atoms with Gasteiger partial charge in [0.1, 0.15) is 0 Å². The molecule has 0 fully saturated rings. The van der Waals surface area contributed by atoms with Crippen molar-refractivity contribution in [1.82, 2.24) is 5.32 Å². The zero-order valence-electron chi connectivity index (χ0n) is 9.39. The fourth-order valence-corrected chi connectivity index (χ4v) is 1.59. The minimum absolute atomic E-state index is 0.336. The van der Waals surface area contributed by atoms with Crippen LogP contribution in [-0.4, -0.2) is 6.54 Å². The summed E-state index contributed by atoms with van der Waals surface area (Å²) in [5.74, 6) is 0. The van der Waals surface area contributed by atoms with Crippen molar-refractivity contribution in [2.24, 2.45) is 0 Å². The number of nitrogens with one attached hydrogen (secondary N) is 1. The lowest BCUT2D eigenvalue weighted by Crippen LogP contribution is -2.19. The van der Waals surface area contributed by atoms with Gasteiger partial charge < -0.3 is 5.32 Å². The van der Waals surface area contributed by atoms with Crippen molar-refractivity contribution in [3.8, 4) is 0 Å². The van der Waals surface area contributed by atoms with E-state index in [9.17, 15) is 0 Å². The van der Waals surface area contributed by atoms with Gasteiger partial charge in [0.2, 0.25) is 0 Å². The summed E-state index contributed by atoms with van der Waals surface area (Å²) in [6, 6.07) is 8.30. The molecule has 2 heteroatoms. The average molecular weight is 224 g/mol. The quantitative estimate of drug-likeness (QED) is 0.746. The van der Waals surface area contributed by atoms with Crippen molar-refractivity contribution in [3.63, 3.8) is 0 Å². The van der Waals surface area contributed by atoms with Crippen molar-refractivity contribution >= 4 is 11.6 Å². The molecule has 0 amide bonds. The number of hydrogen-bond acceptors (Lipinski definition) is 1. The molecule has 0 heterocycles. The molecular formula is C13H18ClN. The van der Waals surface area contributed by atoms with E-state index in [2.05, 4.69) is 24.9 Å². The molecule has 1 aromatic carbocycles. The van der Waals surface area contributed by atoms with Crippen LogP contribution in [0.15, 0.2) is 36.4 Å². The summed E-state index contributed by atoms with van der Waals surface area (Å²) in [7, 11) is 0. The van der Waals surface area contributed by atoms with Crippen LogP contribution >= 0.6 is 11.6 Å². The van der Waals surface area contributed by atoms with Crippen LogP contribution in [0.25, 0.3) is 0 Å². The second-order valence-corrected chi connectivity index (χ2v) is 4.37. The summed E-state index contributed by atoms with van der Waals surface area (Å²) in [5.41, 5.74) is 2.44. The largest absolute Gasteiger partial charge is 0.310 e. The average Bonchev–Trinajstić information content (AvgIpc) is 2.17. The van der Waals surface area contributed by atoms with Gasteiger partial charge >= 0.3 is 0 Å². The van der Waals surface area contributed by atoms with Crippen LogP contribution in [-0.2, 0) is 0 Å². The molecule has 0 spiro atoms. The highest BCUT2D eigenvalue weighted by Gasteiger charge is 2.04. The molecule has 0 aliphatic carbocycles. The molecule has 0 saturated heterocycles. The van der Waals surface area contributed by atoms with Crippen LogP contribution in [0.2, 0.25) is 5.02 Å². The lowest BCUT2D eigenvalue weighted by molar-refractivity contribution is 0.576. The number of rotatable bonds is 5. The van der Waals surface area contributed by atoms with E-state index in [4.69, 9.17) is 11.6 Å². The van der Waals surface area contributed by atoms with Crippen molar-refractivity contribution in [1.29, 1.82) is 0 Å². The first-order valence-corrected chi connectivity index (χ1v) is 5.60. The van der Waals surface area contributed by atoms with Gasteiger partial charge in [-0.2, -0.15) is 0 Å². The normalized spacial score (nSPS) is 12.5. The molecule has 0 radical (unpaired) electrons. The van der Waals surface area contributed by atoms with Gasteiger partial charge in [0.25, 0.3) is 0 Å². The summed E-state index contributed by atoms with van der Waals surface area (Å²) in [6.45, 7) is 9.03. The molecule has 0 aromatic heterocycles. The van der Waals surface area contributed by atoms with Gasteiger partial charge in [-0.3, -0.25) is 0 Å². The van der Waals surface area contributed by atoms with Crippen LogP contribution in [0.5, 0.6) is 0 Å². The number of hydrogen-bond donors (Lipinski definition) is 1. The molecule has 0 bridgehead atoms. The topological polar surface area (TPSA) is 12.0 Å². The van der Waals surface area contributed by atoms with Crippen molar-refractivity contribution in [3.05, 3.63) is 47.0 Å². The van der Waals surface area contributed by atoms with Gasteiger partial charge in [0, 0.05) is 11.1 Å². The molecule has 1 aromatic rings. The second-order valence-electron chi connectivity index (χ2n) is 3.94. The Morgan fingerprint density at radius 2 is 2.27 bits per heavy atom. The predicted molar refractivity (Wildman–Crippen MR) is 67.3 cm³/mol. The van der Waals surface area contributed by atoms with E-state index in [1.54, 1.807) is 0 Å². The van der Waals surface area contributed by atoms with Crippen molar-refractivity contribution in [2.45, 2.75) is 26.3 Å². The summed E-state index contributed by atoms with van der Waals surface area (Å²) in [5, 5.41) is 4.23. The second kappa shape index (κ2) is 5.94. The van der Waals surface area contributed by atoms with E-state index in [1.165, 1.54) is 11.1 Å². The minimum Gasteiger partial charge on any atom is -0.310 e. The Kier molecular flexibility index (Phi) is 4.86. The van der Waals surface area contributed by atoms with Crippen LogP contribution in [0.4, 0.5) is 0 Å². The monoisotopic (exact) mass is 223 g/mol. The van der Waals surface area contributed by atoms with E-state index in [0.717, 1.165) is 18.0 Å². The molecule has 1 atom stereocenters. The molecule has 0 aliphatic rings. The van der Waals surface area contributed by atoms with Crippen LogP contribution in [0.3, 0.4) is 0 Å². The van der Waals surface area contributed by atoms with Gasteiger partial charge in [-0.25, -0.2) is 0 Å². The zero-order valence-corrected chi connectivity index (χ0v) is 10.1. The molecule has 0 aliphatic heterocycles. The minimum atomic E-state index is 0.336. The number of benzene rings is 1. The zero-order chi connectivity index (χ0) is 11.3. The Labute approximate surface area is 97.1 Å².